The molecule has 136 valence electrons. The summed E-state index contributed by atoms with van der Waals surface area (Å²) >= 11 is 0. The lowest BCUT2D eigenvalue weighted by Gasteiger charge is -2.11. The summed E-state index contributed by atoms with van der Waals surface area (Å²) in [5, 5.41) is 30.1. The molecule has 0 aliphatic carbocycles. The number of aliphatic hydroxyl groups excluding tert-OH is 1. The summed E-state index contributed by atoms with van der Waals surface area (Å²) in [6.07, 6.45) is 1.90. The maximum atomic E-state index is 11.7. The monoisotopic (exact) mass is 348 g/mol. The topological polar surface area (TPSA) is 115 Å². The number of rotatable bonds is 7. The van der Waals surface area contributed by atoms with E-state index < -0.39 is 6.10 Å². The second-order valence-electron chi connectivity index (χ2n) is 6.18. The summed E-state index contributed by atoms with van der Waals surface area (Å²) in [5.74, 6) is -0.501. The Kier molecular flexibility index (Phi) is 6.46. The normalized spacial score (nSPS) is 16.3. The maximum absolute atomic E-state index is 11.7. The summed E-state index contributed by atoms with van der Waals surface area (Å²) in [6, 6.07) is 3.08. The molecule has 0 radical (unpaired) electrons. The van der Waals surface area contributed by atoms with Gasteiger partial charge in [-0.2, -0.15) is 0 Å². The number of benzene rings is 1. The number of nitrogens with one attached hydrogen (secondary N) is 1. The standard InChI is InChI=1S/C17H24N4O4/c1-11(22)18-7-5-3-4-6-17(25)20-19-13-8-12-14(9-15(13)23)21(2)10-16(12)24/h8-9,16,23-24H,3-7,10H2,1-2H3,(H,18,22). The number of amides is 2. The first-order chi connectivity index (χ1) is 11.9. The van der Waals surface area contributed by atoms with Gasteiger partial charge in [0.2, 0.25) is 5.91 Å². The van der Waals surface area contributed by atoms with Crippen LogP contribution in [0.15, 0.2) is 22.4 Å². The number of β-amino-alcohol motifs (C(OH)–C–C–N with tert-alkyl or cyclic N) is 1. The molecule has 1 heterocycles. The Morgan fingerprint density at radius 1 is 1.32 bits per heavy atom. The number of fused-ring (bicyclic) bond motifs is 1. The van der Waals surface area contributed by atoms with Crippen LogP contribution in [0.3, 0.4) is 0 Å². The fraction of sp³-hybridized carbons (Fsp3) is 0.529. The number of unbranched alkanes of at least 4 members (excludes halogenated alkanes) is 2. The average molecular weight is 348 g/mol. The van der Waals surface area contributed by atoms with Gasteiger partial charge >= 0.3 is 0 Å². The molecular formula is C17H24N4O4. The molecule has 1 unspecified atom stereocenters. The molecule has 1 aliphatic rings. The number of phenols is 1. The van der Waals surface area contributed by atoms with Crippen molar-refractivity contribution < 1.29 is 19.8 Å². The number of likely N-dealkylation sites (N-methyl/N-ethyl adjacent to an activating group) is 1. The summed E-state index contributed by atoms with van der Waals surface area (Å²) < 4.78 is 0. The first-order valence-corrected chi connectivity index (χ1v) is 8.33. The molecule has 2 amide bonds. The zero-order valence-electron chi connectivity index (χ0n) is 14.5. The van der Waals surface area contributed by atoms with Crippen LogP contribution in [0.2, 0.25) is 0 Å². The minimum atomic E-state index is -0.645. The van der Waals surface area contributed by atoms with Crippen molar-refractivity contribution >= 4 is 23.2 Å². The smallest absolute Gasteiger partial charge is 0.264 e. The molecule has 1 aromatic carbocycles. The molecule has 8 nitrogen and oxygen atoms in total. The number of carbonyl (C=O) groups excluding carboxylic acids is 2. The van der Waals surface area contributed by atoms with Gasteiger partial charge in [-0.05, 0) is 18.9 Å². The Labute approximate surface area is 146 Å². The van der Waals surface area contributed by atoms with Gasteiger partial charge in [-0.15, -0.1) is 10.2 Å². The van der Waals surface area contributed by atoms with Crippen molar-refractivity contribution in [2.75, 3.05) is 25.0 Å². The third-order valence-electron chi connectivity index (χ3n) is 4.05. The number of aliphatic hydroxyl groups is 1. The van der Waals surface area contributed by atoms with Gasteiger partial charge in [-0.3, -0.25) is 9.59 Å². The summed E-state index contributed by atoms with van der Waals surface area (Å²) in [5.41, 5.74) is 1.58. The molecule has 0 saturated carbocycles. The van der Waals surface area contributed by atoms with E-state index in [0.29, 0.717) is 25.1 Å². The lowest BCUT2D eigenvalue weighted by Crippen LogP contribution is -2.20. The van der Waals surface area contributed by atoms with Crippen LogP contribution in [0.1, 0.15) is 44.3 Å². The van der Waals surface area contributed by atoms with Gasteiger partial charge in [0.25, 0.3) is 5.91 Å². The zero-order valence-corrected chi connectivity index (χ0v) is 14.5. The van der Waals surface area contributed by atoms with Crippen LogP contribution >= 0.6 is 0 Å². The van der Waals surface area contributed by atoms with E-state index in [1.165, 1.54) is 13.0 Å². The molecule has 0 saturated heterocycles. The lowest BCUT2D eigenvalue weighted by molar-refractivity contribution is -0.119. The largest absolute Gasteiger partial charge is 0.506 e. The molecule has 3 N–H and O–H groups in total. The molecule has 8 heteroatoms. The number of hydrogen-bond donors (Lipinski definition) is 3. The predicted molar refractivity (Wildman–Crippen MR) is 93.0 cm³/mol. The van der Waals surface area contributed by atoms with Gasteiger partial charge in [-0.1, -0.05) is 6.42 Å². The highest BCUT2D eigenvalue weighted by Gasteiger charge is 2.26. The number of nitrogens with zero attached hydrogens (tertiary/aromatic N) is 3. The highest BCUT2D eigenvalue weighted by molar-refractivity contribution is 5.77. The molecule has 0 fully saturated rings. The molecule has 0 spiro atoms. The highest BCUT2D eigenvalue weighted by Crippen LogP contribution is 2.41. The van der Waals surface area contributed by atoms with Gasteiger partial charge in [-0.25, -0.2) is 0 Å². The van der Waals surface area contributed by atoms with Crippen molar-refractivity contribution in [3.05, 3.63) is 17.7 Å². The van der Waals surface area contributed by atoms with E-state index >= 15 is 0 Å². The molecule has 0 bridgehead atoms. The fourth-order valence-electron chi connectivity index (χ4n) is 2.72. The summed E-state index contributed by atoms with van der Waals surface area (Å²) in [4.78, 5) is 24.3. The minimum Gasteiger partial charge on any atom is -0.506 e. The second-order valence-corrected chi connectivity index (χ2v) is 6.18. The Hall–Kier alpha value is -2.48. The Balaban J connectivity index is 1.84. The van der Waals surface area contributed by atoms with E-state index in [9.17, 15) is 19.8 Å². The molecule has 1 aromatic rings. The molecular weight excluding hydrogens is 324 g/mol. The summed E-state index contributed by atoms with van der Waals surface area (Å²) in [7, 11) is 1.82. The Bertz CT molecular complexity index is 675. The van der Waals surface area contributed by atoms with Crippen molar-refractivity contribution in [2.24, 2.45) is 10.2 Å². The third kappa shape index (κ3) is 5.25. The number of carbonyl (C=O) groups is 2. The first-order valence-electron chi connectivity index (χ1n) is 8.33. The minimum absolute atomic E-state index is 0.0599. The molecule has 2 rings (SSSR count). The zero-order chi connectivity index (χ0) is 18.4. The van der Waals surface area contributed by atoms with Crippen molar-refractivity contribution in [2.45, 2.75) is 38.7 Å². The Morgan fingerprint density at radius 3 is 2.80 bits per heavy atom. The molecule has 0 aromatic heterocycles. The van der Waals surface area contributed by atoms with Crippen LogP contribution in [0.4, 0.5) is 11.4 Å². The van der Waals surface area contributed by atoms with E-state index in [2.05, 4.69) is 15.5 Å². The molecule has 1 aliphatic heterocycles. The van der Waals surface area contributed by atoms with Gasteiger partial charge < -0.3 is 20.4 Å². The first kappa shape index (κ1) is 18.9. The van der Waals surface area contributed by atoms with Gasteiger partial charge in [0.1, 0.15) is 11.4 Å². The van der Waals surface area contributed by atoms with Crippen LogP contribution < -0.4 is 10.2 Å². The maximum Gasteiger partial charge on any atom is 0.264 e. The van der Waals surface area contributed by atoms with Crippen LogP contribution in [-0.2, 0) is 9.59 Å². The van der Waals surface area contributed by atoms with Crippen molar-refractivity contribution in [3.63, 3.8) is 0 Å². The van der Waals surface area contributed by atoms with Crippen LogP contribution in [-0.4, -0.2) is 42.2 Å². The van der Waals surface area contributed by atoms with Gasteiger partial charge in [0.05, 0.1) is 6.10 Å². The van der Waals surface area contributed by atoms with Gasteiger partial charge in [0.15, 0.2) is 0 Å². The average Bonchev–Trinajstić information content (AvgIpc) is 2.82. The second kappa shape index (κ2) is 8.57. The van der Waals surface area contributed by atoms with Crippen molar-refractivity contribution in [3.8, 4) is 5.75 Å². The fourth-order valence-corrected chi connectivity index (χ4v) is 2.72. The van der Waals surface area contributed by atoms with Gasteiger partial charge in [0, 0.05) is 50.8 Å². The quantitative estimate of drug-likeness (QED) is 0.516. The van der Waals surface area contributed by atoms with E-state index in [1.54, 1.807) is 6.07 Å². The number of anilines is 1. The van der Waals surface area contributed by atoms with E-state index in [4.69, 9.17) is 0 Å². The number of hydrogen-bond acceptors (Lipinski definition) is 6. The van der Waals surface area contributed by atoms with Crippen LogP contribution in [0, 0.1) is 0 Å². The lowest BCUT2D eigenvalue weighted by atomic mass is 10.1. The predicted octanol–water partition coefficient (Wildman–Crippen LogP) is 2.18. The van der Waals surface area contributed by atoms with E-state index in [1.807, 2.05) is 11.9 Å². The van der Waals surface area contributed by atoms with E-state index in [-0.39, 0.29) is 29.7 Å². The number of azo groups is 1. The number of phenolic OH excluding ortho intramolecular Hbond substituents is 1. The van der Waals surface area contributed by atoms with Crippen molar-refractivity contribution in [1.82, 2.24) is 5.32 Å². The van der Waals surface area contributed by atoms with Crippen LogP contribution in [0.25, 0.3) is 0 Å². The molecule has 25 heavy (non-hydrogen) atoms. The SMILES string of the molecule is CC(=O)NCCCCCC(=O)N=Nc1cc2c(cc1O)N(C)CC2O. The Morgan fingerprint density at radius 2 is 2.08 bits per heavy atom. The third-order valence-corrected chi connectivity index (χ3v) is 4.05. The van der Waals surface area contributed by atoms with Crippen LogP contribution in [0.5, 0.6) is 5.75 Å². The van der Waals surface area contributed by atoms with Crippen molar-refractivity contribution in [1.29, 1.82) is 0 Å². The van der Waals surface area contributed by atoms with E-state index in [0.717, 1.165) is 18.5 Å². The molecule has 1 atom stereocenters. The number of aromatic hydroxyl groups is 1. The summed E-state index contributed by atoms with van der Waals surface area (Å²) in [6.45, 7) is 2.52. The highest BCUT2D eigenvalue weighted by atomic mass is 16.3.